The van der Waals surface area contributed by atoms with Crippen LogP contribution in [0.5, 0.6) is 0 Å². The van der Waals surface area contributed by atoms with Crippen LogP contribution in [0.3, 0.4) is 0 Å². The summed E-state index contributed by atoms with van der Waals surface area (Å²) in [5, 5.41) is 4.90. The second-order valence-electron chi connectivity index (χ2n) is 8.64. The van der Waals surface area contributed by atoms with Gasteiger partial charge < -0.3 is 15.4 Å². The zero-order valence-electron chi connectivity index (χ0n) is 17.3. The molecule has 1 atom stereocenters. The van der Waals surface area contributed by atoms with E-state index in [1.165, 1.54) is 24.3 Å². The van der Waals surface area contributed by atoms with Gasteiger partial charge in [-0.25, -0.2) is 4.79 Å². The van der Waals surface area contributed by atoms with Gasteiger partial charge in [-0.15, -0.1) is 0 Å². The summed E-state index contributed by atoms with van der Waals surface area (Å²) in [6, 6.07) is 3.69. The van der Waals surface area contributed by atoms with Crippen molar-refractivity contribution in [3.8, 4) is 0 Å². The standard InChI is InChI=1S/C21H28BrF3N2O3/c1-20(2,3)30-19(29)26-12-13-4-6-15(7-5-13)18(28)27-17(21(23,24)25)14-8-10-16(22)11-9-14/h8-11,13,15,17H,4-7,12H2,1-3H3,(H,26,29)(H,27,28)/t13?,15?,17-/m0/s1. The molecular formula is C21H28BrF3N2O3. The Morgan fingerprint density at radius 1 is 1.10 bits per heavy atom. The third kappa shape index (κ3) is 7.81. The number of nitrogens with one attached hydrogen (secondary N) is 2. The predicted molar refractivity (Wildman–Crippen MR) is 111 cm³/mol. The minimum Gasteiger partial charge on any atom is -0.444 e. The van der Waals surface area contributed by atoms with Crippen molar-refractivity contribution in [2.45, 2.75) is 64.3 Å². The third-order valence-electron chi connectivity index (χ3n) is 4.97. The lowest BCUT2D eigenvalue weighted by atomic mass is 9.81. The fraction of sp³-hybridized carbons (Fsp3) is 0.619. The van der Waals surface area contributed by atoms with Crippen LogP contribution in [-0.4, -0.2) is 30.3 Å². The lowest BCUT2D eigenvalue weighted by Crippen LogP contribution is -2.42. The zero-order chi connectivity index (χ0) is 22.5. The lowest BCUT2D eigenvalue weighted by molar-refractivity contribution is -0.165. The number of hydrogen-bond acceptors (Lipinski definition) is 3. The van der Waals surface area contributed by atoms with E-state index in [0.717, 1.165) is 0 Å². The summed E-state index contributed by atoms with van der Waals surface area (Å²) in [5.74, 6) is -0.881. The topological polar surface area (TPSA) is 67.4 Å². The Bertz CT molecular complexity index is 724. The van der Waals surface area contributed by atoms with Crippen molar-refractivity contribution in [3.05, 3.63) is 34.3 Å². The Balaban J connectivity index is 1.86. The van der Waals surface area contributed by atoms with E-state index in [4.69, 9.17) is 4.74 Å². The van der Waals surface area contributed by atoms with Gasteiger partial charge in [0.25, 0.3) is 0 Å². The molecule has 1 aliphatic rings. The Kier molecular flexibility index (Phi) is 8.19. The van der Waals surface area contributed by atoms with E-state index >= 15 is 0 Å². The molecule has 0 unspecified atom stereocenters. The van der Waals surface area contributed by atoms with Crippen molar-refractivity contribution >= 4 is 27.9 Å². The predicted octanol–water partition coefficient (Wildman–Crippen LogP) is 5.50. The Morgan fingerprint density at radius 3 is 2.17 bits per heavy atom. The van der Waals surface area contributed by atoms with Crippen LogP contribution in [0.25, 0.3) is 0 Å². The van der Waals surface area contributed by atoms with Crippen molar-refractivity contribution in [3.63, 3.8) is 0 Å². The summed E-state index contributed by atoms with van der Waals surface area (Å²) in [4.78, 5) is 24.3. The third-order valence-corrected chi connectivity index (χ3v) is 5.50. The molecule has 9 heteroatoms. The molecule has 168 valence electrons. The molecule has 0 saturated heterocycles. The van der Waals surface area contributed by atoms with Crippen LogP contribution in [0.4, 0.5) is 18.0 Å². The fourth-order valence-electron chi connectivity index (χ4n) is 3.44. The van der Waals surface area contributed by atoms with Crippen molar-refractivity contribution in [2.24, 2.45) is 11.8 Å². The van der Waals surface area contributed by atoms with Gasteiger partial charge in [0.1, 0.15) is 5.60 Å². The average molecular weight is 493 g/mol. The lowest BCUT2D eigenvalue weighted by Gasteiger charge is -2.30. The maximum Gasteiger partial charge on any atom is 0.412 e. The summed E-state index contributed by atoms with van der Waals surface area (Å²) in [6.45, 7) is 5.75. The Morgan fingerprint density at radius 2 is 1.67 bits per heavy atom. The van der Waals surface area contributed by atoms with Crippen LogP contribution in [0.1, 0.15) is 58.1 Å². The number of alkyl carbamates (subject to hydrolysis) is 1. The van der Waals surface area contributed by atoms with Crippen LogP contribution >= 0.6 is 15.9 Å². The molecule has 1 fully saturated rings. The summed E-state index contributed by atoms with van der Waals surface area (Å²) in [5.41, 5.74) is -0.585. The zero-order valence-corrected chi connectivity index (χ0v) is 18.9. The van der Waals surface area contributed by atoms with Gasteiger partial charge in [-0.2, -0.15) is 13.2 Å². The molecule has 1 aromatic carbocycles. The number of ether oxygens (including phenoxy) is 1. The van der Waals surface area contributed by atoms with E-state index in [2.05, 4.69) is 26.6 Å². The van der Waals surface area contributed by atoms with E-state index < -0.39 is 35.7 Å². The van der Waals surface area contributed by atoms with Crippen molar-refractivity contribution in [2.75, 3.05) is 6.54 Å². The molecule has 2 amide bonds. The van der Waals surface area contributed by atoms with Gasteiger partial charge in [0.05, 0.1) is 0 Å². The highest BCUT2D eigenvalue weighted by atomic mass is 79.9. The Hall–Kier alpha value is -1.77. The highest BCUT2D eigenvalue weighted by Crippen LogP contribution is 2.35. The number of benzene rings is 1. The molecule has 1 aromatic rings. The van der Waals surface area contributed by atoms with Gasteiger partial charge in [-0.3, -0.25) is 4.79 Å². The maximum absolute atomic E-state index is 13.5. The highest BCUT2D eigenvalue weighted by Gasteiger charge is 2.43. The molecular weight excluding hydrogens is 465 g/mol. The first-order valence-electron chi connectivity index (χ1n) is 9.94. The molecule has 30 heavy (non-hydrogen) atoms. The van der Waals surface area contributed by atoms with E-state index in [0.29, 0.717) is 36.7 Å². The van der Waals surface area contributed by atoms with Crippen LogP contribution in [-0.2, 0) is 9.53 Å². The number of hydrogen-bond donors (Lipinski definition) is 2. The quantitative estimate of drug-likeness (QED) is 0.570. The first kappa shape index (κ1) is 24.5. The first-order chi connectivity index (χ1) is 13.8. The average Bonchev–Trinajstić information content (AvgIpc) is 2.63. The number of amides is 2. The monoisotopic (exact) mass is 492 g/mol. The number of alkyl halides is 3. The molecule has 1 aliphatic carbocycles. The molecule has 5 nitrogen and oxygen atoms in total. The number of carbonyl (C=O) groups is 2. The maximum atomic E-state index is 13.5. The van der Waals surface area contributed by atoms with Gasteiger partial charge >= 0.3 is 12.3 Å². The first-order valence-corrected chi connectivity index (χ1v) is 10.7. The molecule has 0 heterocycles. The Labute approximate surface area is 183 Å². The van der Waals surface area contributed by atoms with E-state index in [1.54, 1.807) is 20.8 Å². The van der Waals surface area contributed by atoms with Crippen LogP contribution in [0.15, 0.2) is 28.7 Å². The molecule has 0 spiro atoms. The summed E-state index contributed by atoms with van der Waals surface area (Å²) >= 11 is 3.20. The molecule has 0 aromatic heterocycles. The molecule has 1 saturated carbocycles. The molecule has 2 N–H and O–H groups in total. The molecule has 0 aliphatic heterocycles. The van der Waals surface area contributed by atoms with Gasteiger partial charge in [0.15, 0.2) is 6.04 Å². The van der Waals surface area contributed by atoms with Crippen molar-refractivity contribution in [1.82, 2.24) is 10.6 Å². The fourth-order valence-corrected chi connectivity index (χ4v) is 3.70. The minimum absolute atomic E-state index is 0.00528. The van der Waals surface area contributed by atoms with Gasteiger partial charge in [-0.1, -0.05) is 28.1 Å². The smallest absolute Gasteiger partial charge is 0.412 e. The van der Waals surface area contributed by atoms with Crippen molar-refractivity contribution in [1.29, 1.82) is 0 Å². The normalized spacial score (nSPS) is 20.9. The van der Waals surface area contributed by atoms with Crippen LogP contribution < -0.4 is 10.6 Å². The minimum atomic E-state index is -4.59. The largest absolute Gasteiger partial charge is 0.444 e. The van der Waals surface area contributed by atoms with Crippen LogP contribution in [0.2, 0.25) is 0 Å². The molecule has 2 rings (SSSR count). The van der Waals surface area contributed by atoms with Crippen LogP contribution in [0, 0.1) is 11.8 Å². The van der Waals surface area contributed by atoms with Gasteiger partial charge in [-0.05, 0) is 70.1 Å². The van der Waals surface area contributed by atoms with E-state index in [-0.39, 0.29) is 11.5 Å². The summed E-state index contributed by atoms with van der Waals surface area (Å²) < 4.78 is 46.4. The van der Waals surface area contributed by atoms with Gasteiger partial charge in [0, 0.05) is 16.9 Å². The second-order valence-corrected chi connectivity index (χ2v) is 9.55. The van der Waals surface area contributed by atoms with Crippen molar-refractivity contribution < 1.29 is 27.5 Å². The highest BCUT2D eigenvalue weighted by molar-refractivity contribution is 9.10. The number of rotatable bonds is 5. The van der Waals surface area contributed by atoms with Gasteiger partial charge in [0.2, 0.25) is 5.91 Å². The number of carbonyl (C=O) groups excluding carboxylic acids is 2. The van der Waals surface area contributed by atoms with E-state index in [1.807, 2.05) is 0 Å². The SMILES string of the molecule is CC(C)(C)OC(=O)NCC1CCC(C(=O)N[C@@H](c2ccc(Br)cc2)C(F)(F)F)CC1. The second kappa shape index (κ2) is 10.0. The van der Waals surface area contributed by atoms with E-state index in [9.17, 15) is 22.8 Å². The molecule has 0 radical (unpaired) electrons. The number of halogens is 4. The summed E-state index contributed by atoms with van der Waals surface area (Å²) in [6.07, 6.45) is -2.80. The molecule has 0 bridgehead atoms. The summed E-state index contributed by atoms with van der Waals surface area (Å²) in [7, 11) is 0.